The molecule has 0 atom stereocenters. The van der Waals surface area contributed by atoms with Gasteiger partial charge in [-0.3, -0.25) is 4.68 Å². The second-order valence-electron chi connectivity index (χ2n) is 8.64. The van der Waals surface area contributed by atoms with Crippen molar-refractivity contribution in [3.63, 3.8) is 0 Å². The van der Waals surface area contributed by atoms with E-state index in [1.165, 1.54) is 0 Å². The van der Waals surface area contributed by atoms with Gasteiger partial charge in [-0.15, -0.1) is 0 Å². The summed E-state index contributed by atoms with van der Waals surface area (Å²) in [6.45, 7) is 0. The Balaban J connectivity index is 1.52. The van der Waals surface area contributed by atoms with Crippen LogP contribution in [0.2, 0.25) is 0 Å². The molecule has 8 heteroatoms. The molecule has 0 radical (unpaired) electrons. The maximum absolute atomic E-state index is 9.42. The van der Waals surface area contributed by atoms with Gasteiger partial charge >= 0.3 is 0 Å². The average Bonchev–Trinajstić information content (AvgIpc) is 3.55. The van der Waals surface area contributed by atoms with Crippen LogP contribution in [0.15, 0.2) is 48.2 Å². The first kappa shape index (κ1) is 19.9. The molecule has 1 aliphatic heterocycles. The van der Waals surface area contributed by atoms with E-state index in [1.807, 2.05) is 53.3 Å². The van der Waals surface area contributed by atoms with Crippen LogP contribution in [0.5, 0.6) is 0 Å². The summed E-state index contributed by atoms with van der Waals surface area (Å²) in [5.41, 5.74) is 4.82. The molecule has 0 N–H and O–H groups in total. The third-order valence-electron chi connectivity index (χ3n) is 6.46. The van der Waals surface area contributed by atoms with Gasteiger partial charge < -0.3 is 0 Å². The number of fused-ring (bicyclic) bond motifs is 1. The molecule has 4 heterocycles. The van der Waals surface area contributed by atoms with Crippen LogP contribution < -0.4 is 0 Å². The molecule has 32 heavy (non-hydrogen) atoms. The average molecular weight is 424 g/mol. The molecule has 0 aromatic carbocycles. The summed E-state index contributed by atoms with van der Waals surface area (Å²) in [4.78, 5) is 0. The van der Waals surface area contributed by atoms with Gasteiger partial charge in [0.1, 0.15) is 6.21 Å². The van der Waals surface area contributed by atoms with Gasteiger partial charge in [-0.2, -0.15) is 20.7 Å². The van der Waals surface area contributed by atoms with Crippen molar-refractivity contribution in [3.05, 3.63) is 48.7 Å². The summed E-state index contributed by atoms with van der Waals surface area (Å²) in [7, 11) is 1.90. The molecule has 3 aromatic rings. The van der Waals surface area contributed by atoms with Gasteiger partial charge in [0.2, 0.25) is 6.20 Å². The van der Waals surface area contributed by atoms with E-state index in [2.05, 4.69) is 39.7 Å². The lowest BCUT2D eigenvalue weighted by atomic mass is 9.70. The first-order valence-electron chi connectivity index (χ1n) is 10.7. The van der Waals surface area contributed by atoms with E-state index < -0.39 is 0 Å². The zero-order chi connectivity index (χ0) is 22.1. The number of hydrogen-bond donors (Lipinski definition) is 0. The number of allylic oxidation sites excluding steroid dienone is 1. The summed E-state index contributed by atoms with van der Waals surface area (Å²) >= 11 is 0. The number of pyridine rings is 1. The zero-order valence-corrected chi connectivity index (χ0v) is 17.9. The molecule has 5 rings (SSSR count). The summed E-state index contributed by atoms with van der Waals surface area (Å²) in [5, 5.41) is 32.0. The summed E-state index contributed by atoms with van der Waals surface area (Å²) in [5.74, 6) is 0.0914. The van der Waals surface area contributed by atoms with Gasteiger partial charge in [0.25, 0.3) is 0 Å². The van der Waals surface area contributed by atoms with E-state index in [-0.39, 0.29) is 11.3 Å². The van der Waals surface area contributed by atoms with E-state index in [9.17, 15) is 10.5 Å². The fourth-order valence-electron chi connectivity index (χ4n) is 4.65. The second-order valence-corrected chi connectivity index (χ2v) is 8.64. The summed E-state index contributed by atoms with van der Waals surface area (Å²) in [6, 6.07) is 8.85. The van der Waals surface area contributed by atoms with Crippen LogP contribution in [0.25, 0.3) is 22.2 Å². The first-order valence-corrected chi connectivity index (χ1v) is 10.7. The number of aromatic nitrogens is 4. The Morgan fingerprint density at radius 2 is 2.06 bits per heavy atom. The molecule has 8 nitrogen and oxygen atoms in total. The molecule has 0 spiro atoms. The predicted octanol–water partition coefficient (Wildman–Crippen LogP) is 3.77. The molecular formula is C24H23N8+. The van der Waals surface area contributed by atoms with Crippen molar-refractivity contribution in [2.75, 3.05) is 0 Å². The van der Waals surface area contributed by atoms with E-state index >= 15 is 0 Å². The molecule has 0 unspecified atom stereocenters. The fraction of sp³-hybridized carbons (Fsp3) is 0.333. The van der Waals surface area contributed by atoms with E-state index in [0.717, 1.165) is 53.5 Å². The maximum atomic E-state index is 9.42. The molecule has 0 saturated heterocycles. The number of hydrazone groups is 1. The van der Waals surface area contributed by atoms with Gasteiger partial charge in [0.15, 0.2) is 6.21 Å². The van der Waals surface area contributed by atoms with Crippen LogP contribution in [0.3, 0.4) is 0 Å². The summed E-state index contributed by atoms with van der Waals surface area (Å²) in [6.07, 6.45) is 17.3. The second kappa shape index (κ2) is 7.90. The monoisotopic (exact) mass is 423 g/mol. The molecular weight excluding hydrogens is 400 g/mol. The molecule has 0 bridgehead atoms. The fourth-order valence-corrected chi connectivity index (χ4v) is 4.65. The lowest BCUT2D eigenvalue weighted by Gasteiger charge is -2.31. The Kier molecular flexibility index (Phi) is 4.91. The van der Waals surface area contributed by atoms with Crippen LogP contribution in [0.4, 0.5) is 0 Å². The number of aryl methyl sites for hydroxylation is 1. The molecule has 1 saturated carbocycles. The maximum Gasteiger partial charge on any atom is 0.211 e. The van der Waals surface area contributed by atoms with Crippen LogP contribution in [-0.4, -0.2) is 36.5 Å². The SMILES string of the molecule is Cn1cc(-c2cc(C3=C/[N+](=C\C4(CC#N)CCC(C#N)CC4)N=C3)c3ccnn3c2)cn1. The molecule has 1 aliphatic carbocycles. The van der Waals surface area contributed by atoms with Crippen molar-refractivity contribution < 1.29 is 4.68 Å². The lowest BCUT2D eigenvalue weighted by molar-refractivity contribution is -0.456. The Morgan fingerprint density at radius 1 is 1.22 bits per heavy atom. The Hall–Kier alpha value is -4.04. The van der Waals surface area contributed by atoms with E-state index in [1.54, 1.807) is 10.9 Å². The van der Waals surface area contributed by atoms with Gasteiger partial charge in [-0.05, 0) is 42.9 Å². The first-order chi connectivity index (χ1) is 15.6. The number of nitriles is 2. The normalized spacial score (nSPS) is 23.9. The highest BCUT2D eigenvalue weighted by Gasteiger charge is 2.38. The van der Waals surface area contributed by atoms with Crippen molar-refractivity contribution >= 4 is 23.5 Å². The van der Waals surface area contributed by atoms with Gasteiger partial charge in [0, 0.05) is 48.2 Å². The van der Waals surface area contributed by atoms with Gasteiger partial charge in [-0.1, -0.05) is 4.68 Å². The third-order valence-corrected chi connectivity index (χ3v) is 6.46. The summed E-state index contributed by atoms with van der Waals surface area (Å²) < 4.78 is 5.49. The number of nitrogens with zero attached hydrogens (tertiary/aromatic N) is 8. The van der Waals surface area contributed by atoms with Crippen LogP contribution in [-0.2, 0) is 7.05 Å². The standard InChI is InChI=1S/C24H23N8/c1-30-14-20(12-28-30)19-10-22(23-4-9-27-32(23)16-19)21-13-29-31(15-21)17-24(7-8-25)5-2-18(11-26)3-6-24/h4,9-10,12-18H,2-3,5-7H2,1H3/q+1/b31-17+. The Bertz CT molecular complexity index is 1350. The minimum Gasteiger partial charge on any atom is -0.275 e. The van der Waals surface area contributed by atoms with Crippen molar-refractivity contribution in [2.24, 2.45) is 23.5 Å². The minimum atomic E-state index is -0.241. The molecule has 1 fully saturated rings. The van der Waals surface area contributed by atoms with Crippen LogP contribution in [0, 0.1) is 34.0 Å². The highest BCUT2D eigenvalue weighted by molar-refractivity contribution is 6.13. The van der Waals surface area contributed by atoms with E-state index in [0.29, 0.717) is 6.42 Å². The molecule has 3 aromatic heterocycles. The van der Waals surface area contributed by atoms with Crippen molar-refractivity contribution in [2.45, 2.75) is 32.1 Å². The highest BCUT2D eigenvalue weighted by Crippen LogP contribution is 2.40. The van der Waals surface area contributed by atoms with Crippen molar-refractivity contribution in [1.29, 1.82) is 10.5 Å². The largest absolute Gasteiger partial charge is 0.275 e. The topological polar surface area (TPSA) is 98.1 Å². The molecule has 0 amide bonds. The number of hydrogen-bond acceptors (Lipinski definition) is 5. The smallest absolute Gasteiger partial charge is 0.211 e. The number of rotatable bonds is 4. The van der Waals surface area contributed by atoms with Crippen molar-refractivity contribution in [1.82, 2.24) is 19.4 Å². The lowest BCUT2D eigenvalue weighted by Crippen LogP contribution is -2.30. The third kappa shape index (κ3) is 3.61. The quantitative estimate of drug-likeness (QED) is 0.597. The van der Waals surface area contributed by atoms with Crippen LogP contribution >= 0.6 is 0 Å². The van der Waals surface area contributed by atoms with Crippen LogP contribution in [0.1, 0.15) is 37.7 Å². The van der Waals surface area contributed by atoms with Gasteiger partial charge in [0.05, 0.1) is 41.3 Å². The highest BCUT2D eigenvalue weighted by atomic mass is 15.4. The molecule has 2 aliphatic rings. The predicted molar refractivity (Wildman–Crippen MR) is 120 cm³/mol. The van der Waals surface area contributed by atoms with Gasteiger partial charge in [-0.25, -0.2) is 4.52 Å². The zero-order valence-electron chi connectivity index (χ0n) is 17.9. The minimum absolute atomic E-state index is 0.0914. The van der Waals surface area contributed by atoms with E-state index in [4.69, 9.17) is 0 Å². The molecule has 158 valence electrons. The van der Waals surface area contributed by atoms with Crippen molar-refractivity contribution in [3.8, 4) is 23.3 Å². The Labute approximate surface area is 186 Å². The Morgan fingerprint density at radius 3 is 2.78 bits per heavy atom.